The molecule has 0 aliphatic rings. The molecule has 18 heavy (non-hydrogen) atoms. The molecule has 0 amide bonds. The monoisotopic (exact) mass is 322 g/mol. The van der Waals surface area contributed by atoms with Gasteiger partial charge < -0.3 is 10.1 Å². The molecule has 0 unspecified atom stereocenters. The third-order valence-corrected chi connectivity index (χ3v) is 3.47. The lowest BCUT2D eigenvalue weighted by Gasteiger charge is -2.00. The lowest BCUT2D eigenvalue weighted by molar-refractivity contribution is 0.475. The van der Waals surface area contributed by atoms with Crippen molar-refractivity contribution in [3.8, 4) is 17.1 Å². The molecule has 2 aromatic carbocycles. The second-order valence-electron chi connectivity index (χ2n) is 3.91. The summed E-state index contributed by atoms with van der Waals surface area (Å²) in [4.78, 5) is 7.64. The van der Waals surface area contributed by atoms with Gasteiger partial charge in [-0.3, -0.25) is 0 Å². The molecule has 1 aromatic heterocycles. The second-order valence-corrected chi connectivity index (χ2v) is 5.23. The summed E-state index contributed by atoms with van der Waals surface area (Å²) in [5.74, 6) is 0.806. The molecule has 3 rings (SSSR count). The van der Waals surface area contributed by atoms with Crippen molar-refractivity contribution in [2.45, 2.75) is 0 Å². The van der Waals surface area contributed by atoms with Gasteiger partial charge in [0.15, 0.2) is 0 Å². The number of fused-ring (bicyclic) bond motifs is 1. The number of rotatable bonds is 1. The smallest absolute Gasteiger partial charge is 0.140 e. The minimum atomic E-state index is 0.163. The van der Waals surface area contributed by atoms with Gasteiger partial charge in [0.25, 0.3) is 0 Å². The van der Waals surface area contributed by atoms with E-state index < -0.39 is 0 Å². The number of aromatic hydroxyl groups is 1. The number of imidazole rings is 1. The molecule has 0 bridgehead atoms. The molecule has 0 aliphatic carbocycles. The summed E-state index contributed by atoms with van der Waals surface area (Å²) >= 11 is 9.52. The Morgan fingerprint density at radius 1 is 1.17 bits per heavy atom. The molecular formula is C13H8BrClN2O. The van der Waals surface area contributed by atoms with Gasteiger partial charge in [0, 0.05) is 10.0 Å². The first-order valence-corrected chi connectivity index (χ1v) is 6.45. The number of benzene rings is 2. The van der Waals surface area contributed by atoms with Gasteiger partial charge in [-0.2, -0.15) is 0 Å². The average molecular weight is 324 g/mol. The molecule has 2 N–H and O–H groups in total. The van der Waals surface area contributed by atoms with E-state index in [2.05, 4.69) is 25.9 Å². The van der Waals surface area contributed by atoms with E-state index in [1.54, 1.807) is 18.2 Å². The van der Waals surface area contributed by atoms with Crippen molar-refractivity contribution in [3.63, 3.8) is 0 Å². The summed E-state index contributed by atoms with van der Waals surface area (Å²) in [6, 6.07) is 10.6. The Bertz CT molecular complexity index is 739. The van der Waals surface area contributed by atoms with Crippen LogP contribution in [0.25, 0.3) is 22.4 Å². The lowest BCUT2D eigenvalue weighted by Crippen LogP contribution is -1.81. The highest BCUT2D eigenvalue weighted by atomic mass is 79.9. The average Bonchev–Trinajstić information content (AvgIpc) is 2.74. The quantitative estimate of drug-likeness (QED) is 0.699. The summed E-state index contributed by atoms with van der Waals surface area (Å²) < 4.78 is 0.979. The van der Waals surface area contributed by atoms with Crippen LogP contribution in [-0.2, 0) is 0 Å². The standard InChI is InChI=1S/C13H8BrClN2O/c14-7-1-4-11-12(5-7)17-13(16-11)9-6-8(18)2-3-10(9)15/h1-6,18H,(H,16,17). The van der Waals surface area contributed by atoms with Crippen LogP contribution in [0.1, 0.15) is 0 Å². The Morgan fingerprint density at radius 3 is 2.83 bits per heavy atom. The summed E-state index contributed by atoms with van der Waals surface area (Å²) in [6.45, 7) is 0. The van der Waals surface area contributed by atoms with E-state index >= 15 is 0 Å². The van der Waals surface area contributed by atoms with Crippen LogP contribution >= 0.6 is 27.5 Å². The SMILES string of the molecule is Oc1ccc(Cl)c(-c2nc3ccc(Br)cc3[nH]2)c1. The van der Waals surface area contributed by atoms with Gasteiger partial charge >= 0.3 is 0 Å². The maximum absolute atomic E-state index is 9.51. The molecule has 3 aromatic rings. The van der Waals surface area contributed by atoms with Crippen LogP contribution in [0.4, 0.5) is 0 Å². The first-order chi connectivity index (χ1) is 8.63. The van der Waals surface area contributed by atoms with Crippen LogP contribution < -0.4 is 0 Å². The van der Waals surface area contributed by atoms with Crippen molar-refractivity contribution in [2.75, 3.05) is 0 Å². The van der Waals surface area contributed by atoms with E-state index in [1.165, 1.54) is 0 Å². The maximum atomic E-state index is 9.51. The Kier molecular flexibility index (Phi) is 2.76. The van der Waals surface area contributed by atoms with Crippen LogP contribution in [-0.4, -0.2) is 15.1 Å². The van der Waals surface area contributed by atoms with Gasteiger partial charge in [-0.1, -0.05) is 27.5 Å². The van der Waals surface area contributed by atoms with E-state index in [0.29, 0.717) is 16.4 Å². The molecular weight excluding hydrogens is 316 g/mol. The lowest BCUT2D eigenvalue weighted by atomic mass is 10.2. The van der Waals surface area contributed by atoms with Crippen molar-refractivity contribution in [2.24, 2.45) is 0 Å². The van der Waals surface area contributed by atoms with Crippen molar-refractivity contribution in [3.05, 3.63) is 45.9 Å². The Hall–Kier alpha value is -1.52. The Balaban J connectivity index is 2.22. The van der Waals surface area contributed by atoms with Gasteiger partial charge in [0.05, 0.1) is 16.1 Å². The number of phenolic OH excluding ortho intramolecular Hbond substituents is 1. The highest BCUT2D eigenvalue weighted by Gasteiger charge is 2.10. The molecule has 3 nitrogen and oxygen atoms in total. The van der Waals surface area contributed by atoms with Crippen LogP contribution in [0.5, 0.6) is 5.75 Å². The van der Waals surface area contributed by atoms with Crippen molar-refractivity contribution in [1.82, 2.24) is 9.97 Å². The van der Waals surface area contributed by atoms with Crippen molar-refractivity contribution < 1.29 is 5.11 Å². The molecule has 0 saturated carbocycles. The highest BCUT2D eigenvalue weighted by Crippen LogP contribution is 2.31. The van der Waals surface area contributed by atoms with Crippen LogP contribution in [0.3, 0.4) is 0 Å². The number of hydrogen-bond acceptors (Lipinski definition) is 2. The number of hydrogen-bond donors (Lipinski definition) is 2. The maximum Gasteiger partial charge on any atom is 0.140 e. The highest BCUT2D eigenvalue weighted by molar-refractivity contribution is 9.10. The molecule has 0 radical (unpaired) electrons. The fraction of sp³-hybridized carbons (Fsp3) is 0. The van der Waals surface area contributed by atoms with Crippen molar-refractivity contribution in [1.29, 1.82) is 0 Å². The minimum Gasteiger partial charge on any atom is -0.508 e. The van der Waals surface area contributed by atoms with Crippen molar-refractivity contribution >= 4 is 38.6 Å². The first kappa shape index (κ1) is 11.6. The fourth-order valence-corrected chi connectivity index (χ4v) is 2.37. The normalized spacial score (nSPS) is 11.0. The molecule has 0 fully saturated rings. The summed E-state index contributed by atoms with van der Waals surface area (Å²) in [6.07, 6.45) is 0. The van der Waals surface area contributed by atoms with Gasteiger partial charge in [0.2, 0.25) is 0 Å². The predicted octanol–water partition coefficient (Wildman–Crippen LogP) is 4.35. The molecule has 0 aliphatic heterocycles. The number of halogens is 2. The number of H-pyrrole nitrogens is 1. The zero-order valence-corrected chi connectivity index (χ0v) is 11.5. The zero-order chi connectivity index (χ0) is 12.7. The Labute approximate surface area is 117 Å². The number of aromatic amines is 1. The van der Waals surface area contributed by atoms with Crippen LogP contribution in [0, 0.1) is 0 Å². The van der Waals surface area contributed by atoms with E-state index in [4.69, 9.17) is 11.6 Å². The number of nitrogens with one attached hydrogen (secondary N) is 1. The van der Waals surface area contributed by atoms with E-state index in [1.807, 2.05) is 18.2 Å². The first-order valence-electron chi connectivity index (χ1n) is 5.27. The van der Waals surface area contributed by atoms with Crippen LogP contribution in [0.15, 0.2) is 40.9 Å². The van der Waals surface area contributed by atoms with Gasteiger partial charge in [-0.15, -0.1) is 0 Å². The largest absolute Gasteiger partial charge is 0.508 e. The predicted molar refractivity (Wildman–Crippen MR) is 75.9 cm³/mol. The molecule has 0 saturated heterocycles. The van der Waals surface area contributed by atoms with Gasteiger partial charge in [-0.05, 0) is 36.4 Å². The van der Waals surface area contributed by atoms with E-state index in [-0.39, 0.29) is 5.75 Å². The van der Waals surface area contributed by atoms with Gasteiger partial charge in [-0.25, -0.2) is 4.98 Å². The minimum absolute atomic E-state index is 0.163. The topological polar surface area (TPSA) is 48.9 Å². The third kappa shape index (κ3) is 1.98. The summed E-state index contributed by atoms with van der Waals surface area (Å²) in [5, 5.41) is 10.1. The Morgan fingerprint density at radius 2 is 2.00 bits per heavy atom. The number of phenols is 1. The van der Waals surface area contributed by atoms with Gasteiger partial charge in [0.1, 0.15) is 11.6 Å². The molecule has 0 atom stereocenters. The van der Waals surface area contributed by atoms with E-state index in [0.717, 1.165) is 15.5 Å². The molecule has 90 valence electrons. The number of nitrogens with zero attached hydrogens (tertiary/aromatic N) is 1. The molecule has 5 heteroatoms. The molecule has 0 spiro atoms. The third-order valence-electron chi connectivity index (χ3n) is 2.65. The number of aromatic nitrogens is 2. The van der Waals surface area contributed by atoms with E-state index in [9.17, 15) is 5.11 Å². The fourth-order valence-electron chi connectivity index (χ4n) is 1.80. The molecule has 1 heterocycles. The zero-order valence-electron chi connectivity index (χ0n) is 9.11. The summed E-state index contributed by atoms with van der Waals surface area (Å²) in [7, 11) is 0. The summed E-state index contributed by atoms with van der Waals surface area (Å²) in [5.41, 5.74) is 2.45. The second kappa shape index (κ2) is 4.30. The van der Waals surface area contributed by atoms with Crippen LogP contribution in [0.2, 0.25) is 5.02 Å².